The average molecular weight is 302 g/mol. The molecule has 0 aliphatic heterocycles. The van der Waals surface area contributed by atoms with Gasteiger partial charge in [-0.05, 0) is 34.2 Å². The van der Waals surface area contributed by atoms with Crippen molar-refractivity contribution in [2.24, 2.45) is 0 Å². The number of carboxylic acid groups (broad SMARTS) is 1. The average Bonchev–Trinajstić information content (AvgIpc) is 2.25. The van der Waals surface area contributed by atoms with E-state index in [0.717, 1.165) is 0 Å². The fraction of sp³-hybridized carbons (Fsp3) is 0.786. The summed E-state index contributed by atoms with van der Waals surface area (Å²) in [6.45, 7) is 9.53. The third kappa shape index (κ3) is 9.84. The van der Waals surface area contributed by atoms with E-state index in [1.165, 1.54) is 0 Å². The van der Waals surface area contributed by atoms with E-state index in [1.807, 2.05) is 13.8 Å². The van der Waals surface area contributed by atoms with E-state index in [1.54, 1.807) is 20.8 Å². The molecule has 0 fully saturated rings. The number of carbonyl (C=O) groups is 3. The lowest BCUT2D eigenvalue weighted by atomic mass is 10.1. The first-order valence-corrected chi connectivity index (χ1v) is 7.02. The molecular weight excluding hydrogens is 276 g/mol. The normalized spacial score (nSPS) is 14.1. The minimum Gasteiger partial charge on any atom is -0.480 e. The molecule has 0 bridgehead atoms. The maximum absolute atomic E-state index is 11.7. The molecule has 7 nitrogen and oxygen atoms in total. The van der Waals surface area contributed by atoms with Crippen molar-refractivity contribution < 1.29 is 24.2 Å². The molecule has 0 spiro atoms. The molecule has 1 amide bonds. The summed E-state index contributed by atoms with van der Waals surface area (Å²) < 4.78 is 5.05. The largest absolute Gasteiger partial charge is 0.480 e. The number of hydrogen-bond acceptors (Lipinski definition) is 5. The quantitative estimate of drug-likeness (QED) is 0.569. The Bertz CT molecular complexity index is 376. The summed E-state index contributed by atoms with van der Waals surface area (Å²) in [4.78, 5) is 34.5. The summed E-state index contributed by atoms with van der Waals surface area (Å²) in [6.07, 6.45) is -0.250. The molecule has 1 unspecified atom stereocenters. The van der Waals surface area contributed by atoms with Crippen LogP contribution in [0.2, 0.25) is 0 Å². The highest BCUT2D eigenvalue weighted by Crippen LogP contribution is 2.09. The van der Waals surface area contributed by atoms with Crippen LogP contribution in [0.3, 0.4) is 0 Å². The van der Waals surface area contributed by atoms with Gasteiger partial charge in [0.1, 0.15) is 11.6 Å². The Morgan fingerprint density at radius 3 is 2.19 bits per heavy atom. The van der Waals surface area contributed by atoms with Crippen LogP contribution in [0, 0.1) is 0 Å². The molecule has 0 aromatic rings. The Hall–Kier alpha value is -1.63. The van der Waals surface area contributed by atoms with Gasteiger partial charge in [-0.25, -0.2) is 4.79 Å². The van der Waals surface area contributed by atoms with E-state index in [2.05, 4.69) is 10.6 Å². The van der Waals surface area contributed by atoms with E-state index in [4.69, 9.17) is 9.84 Å². The van der Waals surface area contributed by atoms with Gasteiger partial charge < -0.3 is 20.5 Å². The summed E-state index contributed by atoms with van der Waals surface area (Å²) in [5.74, 6) is -2.33. The number of amides is 1. The van der Waals surface area contributed by atoms with Crippen molar-refractivity contribution in [2.75, 3.05) is 6.54 Å². The van der Waals surface area contributed by atoms with Crippen LogP contribution in [0.1, 0.15) is 47.5 Å². The fourth-order valence-electron chi connectivity index (χ4n) is 1.70. The standard InChI is InChI=1S/C14H26N2O5/c1-6-15-9(2)7-11(17)16-10(13(19)20)8-12(18)21-14(3,4)5/h9-10,15H,6-8H2,1-5H3,(H,16,17)(H,19,20)/t9?,10-/m0/s1. The van der Waals surface area contributed by atoms with Gasteiger partial charge in [-0.15, -0.1) is 0 Å². The van der Waals surface area contributed by atoms with Crippen molar-refractivity contribution in [3.05, 3.63) is 0 Å². The first kappa shape index (κ1) is 19.4. The molecule has 0 heterocycles. The molecule has 0 rings (SSSR count). The minimum atomic E-state index is -1.28. The number of rotatable bonds is 8. The number of carboxylic acids is 1. The molecule has 0 aliphatic carbocycles. The van der Waals surface area contributed by atoms with Gasteiger partial charge in [-0.1, -0.05) is 6.92 Å². The summed E-state index contributed by atoms with van der Waals surface area (Å²) >= 11 is 0. The highest BCUT2D eigenvalue weighted by Gasteiger charge is 2.26. The second-order valence-corrected chi connectivity index (χ2v) is 5.91. The number of ether oxygens (including phenoxy) is 1. The van der Waals surface area contributed by atoms with E-state index >= 15 is 0 Å². The molecule has 0 aliphatic rings. The Morgan fingerprint density at radius 2 is 1.76 bits per heavy atom. The lowest BCUT2D eigenvalue weighted by Crippen LogP contribution is -2.45. The second kappa shape index (κ2) is 8.61. The summed E-state index contributed by atoms with van der Waals surface area (Å²) in [6, 6.07) is -1.34. The maximum atomic E-state index is 11.7. The highest BCUT2D eigenvalue weighted by atomic mass is 16.6. The van der Waals surface area contributed by atoms with Gasteiger partial charge in [0.25, 0.3) is 0 Å². The van der Waals surface area contributed by atoms with Crippen molar-refractivity contribution in [1.82, 2.24) is 10.6 Å². The zero-order valence-corrected chi connectivity index (χ0v) is 13.4. The van der Waals surface area contributed by atoms with Crippen LogP contribution in [0.15, 0.2) is 0 Å². The Balaban J connectivity index is 4.47. The van der Waals surface area contributed by atoms with Gasteiger partial charge in [-0.2, -0.15) is 0 Å². The third-order valence-corrected chi connectivity index (χ3v) is 2.47. The van der Waals surface area contributed by atoms with Gasteiger partial charge in [0.15, 0.2) is 0 Å². The first-order valence-electron chi connectivity index (χ1n) is 7.02. The lowest BCUT2D eigenvalue weighted by Gasteiger charge is -2.21. The van der Waals surface area contributed by atoms with Crippen LogP contribution in [0.5, 0.6) is 0 Å². The van der Waals surface area contributed by atoms with Crippen molar-refractivity contribution in [2.45, 2.75) is 65.1 Å². The second-order valence-electron chi connectivity index (χ2n) is 5.91. The molecule has 0 saturated heterocycles. The summed E-state index contributed by atoms with van der Waals surface area (Å²) in [7, 11) is 0. The predicted molar refractivity (Wildman–Crippen MR) is 77.8 cm³/mol. The van der Waals surface area contributed by atoms with Crippen LogP contribution in [-0.2, 0) is 19.1 Å². The number of nitrogens with one attached hydrogen (secondary N) is 2. The zero-order valence-electron chi connectivity index (χ0n) is 13.4. The SMILES string of the molecule is CCNC(C)CC(=O)N[C@@H](CC(=O)OC(C)(C)C)C(=O)O. The molecular formula is C14H26N2O5. The van der Waals surface area contributed by atoms with Crippen molar-refractivity contribution in [1.29, 1.82) is 0 Å². The van der Waals surface area contributed by atoms with Crippen LogP contribution in [-0.4, -0.2) is 47.2 Å². The Kier molecular flexibility index (Phi) is 7.94. The van der Waals surface area contributed by atoms with Crippen molar-refractivity contribution in [3.63, 3.8) is 0 Å². The van der Waals surface area contributed by atoms with Gasteiger partial charge in [0.2, 0.25) is 5.91 Å². The molecule has 0 saturated carbocycles. The van der Waals surface area contributed by atoms with E-state index in [-0.39, 0.29) is 12.5 Å². The number of esters is 1. The number of hydrogen-bond donors (Lipinski definition) is 3. The molecule has 21 heavy (non-hydrogen) atoms. The minimum absolute atomic E-state index is 0.0639. The van der Waals surface area contributed by atoms with Crippen LogP contribution >= 0.6 is 0 Å². The van der Waals surface area contributed by atoms with E-state index in [0.29, 0.717) is 6.54 Å². The zero-order chi connectivity index (χ0) is 16.6. The Morgan fingerprint density at radius 1 is 1.19 bits per heavy atom. The molecule has 0 radical (unpaired) electrons. The van der Waals surface area contributed by atoms with Crippen molar-refractivity contribution >= 4 is 17.8 Å². The van der Waals surface area contributed by atoms with Gasteiger partial charge >= 0.3 is 11.9 Å². The van der Waals surface area contributed by atoms with Crippen LogP contribution in [0.4, 0.5) is 0 Å². The number of aliphatic carboxylic acids is 1. The smallest absolute Gasteiger partial charge is 0.326 e. The highest BCUT2D eigenvalue weighted by molar-refractivity contribution is 5.87. The van der Waals surface area contributed by atoms with Crippen LogP contribution in [0.25, 0.3) is 0 Å². The molecule has 7 heteroatoms. The summed E-state index contributed by atoms with van der Waals surface area (Å²) in [5, 5.41) is 14.5. The molecule has 3 N–H and O–H groups in total. The maximum Gasteiger partial charge on any atom is 0.326 e. The van der Waals surface area contributed by atoms with Gasteiger partial charge in [0.05, 0.1) is 6.42 Å². The first-order chi connectivity index (χ1) is 9.55. The summed E-state index contributed by atoms with van der Waals surface area (Å²) in [5.41, 5.74) is -0.691. The topological polar surface area (TPSA) is 105 Å². The van der Waals surface area contributed by atoms with Crippen molar-refractivity contribution in [3.8, 4) is 0 Å². The molecule has 122 valence electrons. The molecule has 2 atom stereocenters. The van der Waals surface area contributed by atoms with E-state index in [9.17, 15) is 14.4 Å². The number of carbonyl (C=O) groups excluding carboxylic acids is 2. The molecule has 0 aromatic heterocycles. The van der Waals surface area contributed by atoms with Crippen LogP contribution < -0.4 is 10.6 Å². The Labute approximate surface area is 125 Å². The fourth-order valence-corrected chi connectivity index (χ4v) is 1.70. The molecule has 0 aromatic carbocycles. The third-order valence-electron chi connectivity index (χ3n) is 2.47. The predicted octanol–water partition coefficient (Wildman–Crippen LogP) is 0.676. The van der Waals surface area contributed by atoms with E-state index < -0.39 is 35.9 Å². The lowest BCUT2D eigenvalue weighted by molar-refractivity contribution is -0.158. The monoisotopic (exact) mass is 302 g/mol. The van der Waals surface area contributed by atoms with Gasteiger partial charge in [-0.3, -0.25) is 9.59 Å². The van der Waals surface area contributed by atoms with Gasteiger partial charge in [0, 0.05) is 12.5 Å².